The van der Waals surface area contributed by atoms with Gasteiger partial charge < -0.3 is 5.73 Å². The lowest BCUT2D eigenvalue weighted by molar-refractivity contribution is 0.580. The summed E-state index contributed by atoms with van der Waals surface area (Å²) in [5.74, 6) is -0.162. The van der Waals surface area contributed by atoms with E-state index in [4.69, 9.17) is 18.0 Å². The van der Waals surface area contributed by atoms with Gasteiger partial charge in [-0.05, 0) is 12.5 Å². The van der Waals surface area contributed by atoms with Crippen molar-refractivity contribution in [3.8, 4) is 0 Å². The van der Waals surface area contributed by atoms with Crippen molar-refractivity contribution in [2.45, 2.75) is 19.2 Å². The molecule has 1 heterocycles. The van der Waals surface area contributed by atoms with Gasteiger partial charge in [0.25, 0.3) is 0 Å². The van der Waals surface area contributed by atoms with Crippen LogP contribution >= 0.6 is 23.6 Å². The van der Waals surface area contributed by atoms with Gasteiger partial charge in [-0.3, -0.25) is 0 Å². The summed E-state index contributed by atoms with van der Waals surface area (Å²) < 4.78 is 26.8. The summed E-state index contributed by atoms with van der Waals surface area (Å²) in [6.45, 7) is 2.06. The Hall–Kier alpha value is -1.35. The second kappa shape index (κ2) is 6.61. The van der Waals surface area contributed by atoms with Crippen molar-refractivity contribution in [1.82, 2.24) is 9.71 Å². The summed E-state index contributed by atoms with van der Waals surface area (Å²) in [5, 5.41) is 2.62. The number of nitrogens with two attached hydrogens (primary N) is 1. The van der Waals surface area contributed by atoms with Gasteiger partial charge in [-0.15, -0.1) is 11.3 Å². The summed E-state index contributed by atoms with van der Waals surface area (Å²) >= 11 is 6.36. The molecule has 0 fully saturated rings. The summed E-state index contributed by atoms with van der Waals surface area (Å²) in [6, 6.07) is 6.96. The number of nitrogens with one attached hydrogen (secondary N) is 1. The molecular weight excluding hydrogens is 326 g/mol. The van der Waals surface area contributed by atoms with Crippen molar-refractivity contribution in [3.63, 3.8) is 0 Å². The van der Waals surface area contributed by atoms with Gasteiger partial charge in [0, 0.05) is 16.6 Å². The van der Waals surface area contributed by atoms with Gasteiger partial charge in [-0.2, -0.15) is 0 Å². The first-order valence-corrected chi connectivity index (χ1v) is 9.07. The molecule has 112 valence electrons. The van der Waals surface area contributed by atoms with Crippen molar-refractivity contribution in [1.29, 1.82) is 0 Å². The van der Waals surface area contributed by atoms with E-state index in [9.17, 15) is 8.42 Å². The molecule has 0 aliphatic carbocycles. The van der Waals surface area contributed by atoms with Gasteiger partial charge in [0.1, 0.15) is 10.00 Å². The quantitative estimate of drug-likeness (QED) is 0.781. The molecule has 21 heavy (non-hydrogen) atoms. The Morgan fingerprint density at radius 2 is 2.14 bits per heavy atom. The zero-order chi connectivity index (χ0) is 15.5. The number of benzene rings is 1. The Kier molecular flexibility index (Phi) is 5.04. The Balaban J connectivity index is 2.09. The van der Waals surface area contributed by atoms with Crippen LogP contribution in [0.25, 0.3) is 0 Å². The number of nitrogens with zero attached hydrogens (tertiary/aromatic N) is 1. The van der Waals surface area contributed by atoms with E-state index in [1.54, 1.807) is 24.3 Å². The largest absolute Gasteiger partial charge is 0.389 e. The van der Waals surface area contributed by atoms with E-state index < -0.39 is 10.0 Å². The highest BCUT2D eigenvalue weighted by molar-refractivity contribution is 7.88. The molecule has 0 aliphatic heterocycles. The fraction of sp³-hybridized carbons (Fsp3) is 0.231. The molecule has 1 aromatic carbocycles. The van der Waals surface area contributed by atoms with Crippen LogP contribution in [0, 0.1) is 6.92 Å². The van der Waals surface area contributed by atoms with Crippen LogP contribution < -0.4 is 10.5 Å². The lowest BCUT2D eigenvalue weighted by Crippen LogP contribution is -2.26. The molecule has 2 aromatic rings. The summed E-state index contributed by atoms with van der Waals surface area (Å²) in [6.07, 6.45) is 0. The minimum absolute atomic E-state index is 0.162. The summed E-state index contributed by atoms with van der Waals surface area (Å²) in [7, 11) is -3.48. The number of aryl methyl sites for hydroxylation is 1. The van der Waals surface area contributed by atoms with E-state index in [1.165, 1.54) is 11.3 Å². The molecule has 0 saturated carbocycles. The molecule has 0 aliphatic rings. The van der Waals surface area contributed by atoms with Crippen LogP contribution in [0.3, 0.4) is 0 Å². The fourth-order valence-corrected chi connectivity index (χ4v) is 3.92. The van der Waals surface area contributed by atoms with Crippen LogP contribution in [-0.2, 0) is 22.3 Å². The average Bonchev–Trinajstić information content (AvgIpc) is 2.82. The molecule has 0 radical (unpaired) electrons. The third-order valence-corrected chi connectivity index (χ3v) is 5.20. The summed E-state index contributed by atoms with van der Waals surface area (Å²) in [5.41, 5.74) is 7.67. The molecule has 0 unspecified atom stereocenters. The highest BCUT2D eigenvalue weighted by Crippen LogP contribution is 2.13. The number of hydrogen-bond acceptors (Lipinski definition) is 5. The van der Waals surface area contributed by atoms with E-state index in [0.717, 1.165) is 10.7 Å². The fourth-order valence-electron chi connectivity index (χ4n) is 1.80. The molecule has 2 rings (SSSR count). The van der Waals surface area contributed by atoms with E-state index in [0.29, 0.717) is 11.1 Å². The smallest absolute Gasteiger partial charge is 0.216 e. The molecule has 0 amide bonds. The number of rotatable bonds is 6. The zero-order valence-corrected chi connectivity index (χ0v) is 13.8. The first-order chi connectivity index (χ1) is 9.87. The van der Waals surface area contributed by atoms with Gasteiger partial charge in [-0.25, -0.2) is 18.1 Å². The second-order valence-electron chi connectivity index (χ2n) is 4.48. The van der Waals surface area contributed by atoms with Crippen molar-refractivity contribution < 1.29 is 8.42 Å². The van der Waals surface area contributed by atoms with Crippen LogP contribution in [0.5, 0.6) is 0 Å². The molecular formula is C13H15N3O2S3. The van der Waals surface area contributed by atoms with Crippen LogP contribution in [0.2, 0.25) is 0 Å². The summed E-state index contributed by atoms with van der Waals surface area (Å²) in [4.78, 5) is 4.41. The molecule has 0 bridgehead atoms. The Morgan fingerprint density at radius 1 is 1.43 bits per heavy atom. The second-order valence-corrected chi connectivity index (χ2v) is 7.67. The number of aromatic nitrogens is 1. The van der Waals surface area contributed by atoms with Crippen molar-refractivity contribution in [3.05, 3.63) is 51.5 Å². The standard InChI is InChI=1S/C13H15N3O2S3/c1-9-7-20-12(16-9)6-15-21(17,18)8-10-4-2-3-5-11(10)13(14)19/h2-5,7,15H,6,8H2,1H3,(H2,14,19). The minimum atomic E-state index is -3.48. The Bertz CT molecular complexity index is 754. The zero-order valence-electron chi connectivity index (χ0n) is 11.4. The van der Waals surface area contributed by atoms with E-state index in [-0.39, 0.29) is 17.3 Å². The van der Waals surface area contributed by atoms with Gasteiger partial charge in [0.15, 0.2) is 0 Å². The first-order valence-electron chi connectivity index (χ1n) is 6.13. The molecule has 8 heteroatoms. The molecule has 1 aromatic heterocycles. The number of thiocarbonyl (C=S) groups is 1. The lowest BCUT2D eigenvalue weighted by Gasteiger charge is -2.09. The van der Waals surface area contributed by atoms with Gasteiger partial charge in [-0.1, -0.05) is 36.5 Å². The monoisotopic (exact) mass is 341 g/mol. The van der Waals surface area contributed by atoms with Crippen LogP contribution in [0.4, 0.5) is 0 Å². The van der Waals surface area contributed by atoms with Gasteiger partial charge in [0.05, 0.1) is 12.3 Å². The lowest BCUT2D eigenvalue weighted by atomic mass is 10.1. The molecule has 3 N–H and O–H groups in total. The topological polar surface area (TPSA) is 85.1 Å². The molecule has 0 spiro atoms. The number of hydrogen-bond donors (Lipinski definition) is 2. The Labute approximate surface area is 133 Å². The predicted molar refractivity (Wildman–Crippen MR) is 88.6 cm³/mol. The van der Waals surface area contributed by atoms with Gasteiger partial charge >= 0.3 is 0 Å². The van der Waals surface area contributed by atoms with Crippen LogP contribution in [-0.4, -0.2) is 18.4 Å². The molecule has 0 atom stereocenters. The van der Waals surface area contributed by atoms with Crippen LogP contribution in [0.1, 0.15) is 21.8 Å². The predicted octanol–water partition coefficient (Wildman–Crippen LogP) is 1.71. The maximum atomic E-state index is 12.1. The van der Waals surface area contributed by atoms with E-state index in [1.807, 2.05) is 12.3 Å². The number of sulfonamides is 1. The van der Waals surface area contributed by atoms with Crippen LogP contribution in [0.15, 0.2) is 29.6 Å². The minimum Gasteiger partial charge on any atom is -0.389 e. The first kappa shape index (κ1) is 16.0. The van der Waals surface area contributed by atoms with E-state index in [2.05, 4.69) is 9.71 Å². The maximum absolute atomic E-state index is 12.1. The highest BCUT2D eigenvalue weighted by atomic mass is 32.2. The SMILES string of the molecule is Cc1csc(CNS(=O)(=O)Cc2ccccc2C(N)=S)n1. The normalized spacial score (nSPS) is 11.5. The molecule has 5 nitrogen and oxygen atoms in total. The third-order valence-electron chi connectivity index (χ3n) is 2.74. The molecule has 0 saturated heterocycles. The average molecular weight is 341 g/mol. The van der Waals surface area contributed by atoms with Crippen molar-refractivity contribution in [2.75, 3.05) is 0 Å². The Morgan fingerprint density at radius 3 is 2.76 bits per heavy atom. The van der Waals surface area contributed by atoms with Crippen molar-refractivity contribution in [2.24, 2.45) is 5.73 Å². The highest BCUT2D eigenvalue weighted by Gasteiger charge is 2.15. The van der Waals surface area contributed by atoms with Gasteiger partial charge in [0.2, 0.25) is 10.0 Å². The number of thiazole rings is 1. The van der Waals surface area contributed by atoms with E-state index >= 15 is 0 Å². The van der Waals surface area contributed by atoms with Crippen molar-refractivity contribution >= 4 is 38.6 Å². The third kappa shape index (κ3) is 4.57. The maximum Gasteiger partial charge on any atom is 0.216 e.